The summed E-state index contributed by atoms with van der Waals surface area (Å²) in [6.45, 7) is 3.90. The Morgan fingerprint density at radius 2 is 2.08 bits per heavy atom. The minimum atomic E-state index is -0.558. The van der Waals surface area contributed by atoms with E-state index in [1.54, 1.807) is 6.92 Å². The zero-order chi connectivity index (χ0) is 18.0. The molecule has 4 nitrogen and oxygen atoms in total. The molecule has 0 spiro atoms. The van der Waals surface area contributed by atoms with E-state index in [0.29, 0.717) is 10.8 Å². The Morgan fingerprint density at radius 3 is 2.80 bits per heavy atom. The minimum Gasteiger partial charge on any atom is -0.461 e. The number of nitrogens with zero attached hydrogens (tertiary/aromatic N) is 2. The van der Waals surface area contributed by atoms with Gasteiger partial charge in [0.25, 0.3) is 0 Å². The van der Waals surface area contributed by atoms with Crippen molar-refractivity contribution in [1.29, 1.82) is 0 Å². The molecule has 0 N–H and O–H groups in total. The zero-order valence-corrected chi connectivity index (χ0v) is 14.5. The summed E-state index contributed by atoms with van der Waals surface area (Å²) in [5, 5.41) is 0.387. The first-order valence-corrected chi connectivity index (χ1v) is 8.16. The molecule has 3 rings (SSSR count). The van der Waals surface area contributed by atoms with Crippen LogP contribution in [-0.4, -0.2) is 22.1 Å². The largest absolute Gasteiger partial charge is 0.461 e. The number of benzene rings is 2. The summed E-state index contributed by atoms with van der Waals surface area (Å²) in [5.41, 5.74) is 2.11. The van der Waals surface area contributed by atoms with Crippen LogP contribution in [-0.2, 0) is 4.74 Å². The predicted octanol–water partition coefficient (Wildman–Crippen LogP) is 4.82. The second-order valence-electron chi connectivity index (χ2n) is 5.51. The lowest BCUT2D eigenvalue weighted by atomic mass is 10.1. The van der Waals surface area contributed by atoms with Crippen molar-refractivity contribution in [2.24, 2.45) is 0 Å². The lowest BCUT2D eigenvalue weighted by molar-refractivity contribution is 0.0520. The van der Waals surface area contributed by atoms with Gasteiger partial charge >= 0.3 is 5.97 Å². The fourth-order valence-electron chi connectivity index (χ4n) is 2.53. The van der Waals surface area contributed by atoms with E-state index < -0.39 is 11.8 Å². The van der Waals surface area contributed by atoms with Crippen molar-refractivity contribution >= 4 is 17.6 Å². The molecular weight excluding hydrogens is 343 g/mol. The van der Waals surface area contributed by atoms with Gasteiger partial charge in [-0.15, -0.1) is 0 Å². The summed E-state index contributed by atoms with van der Waals surface area (Å²) >= 11 is 6.02. The van der Waals surface area contributed by atoms with Crippen LogP contribution in [0, 0.1) is 12.7 Å². The molecule has 2 aromatic carbocycles. The highest BCUT2D eigenvalue weighted by molar-refractivity contribution is 6.30. The molecule has 1 heterocycles. The Balaban J connectivity index is 2.21. The molecule has 1 aromatic heterocycles. The third-order valence-corrected chi connectivity index (χ3v) is 3.87. The molecule has 0 amide bonds. The van der Waals surface area contributed by atoms with Gasteiger partial charge in [0.05, 0.1) is 12.3 Å². The molecule has 0 fully saturated rings. The monoisotopic (exact) mass is 358 g/mol. The van der Waals surface area contributed by atoms with Gasteiger partial charge in [0.15, 0.2) is 5.69 Å². The maximum atomic E-state index is 14.4. The Hall–Kier alpha value is -2.66. The molecule has 0 aliphatic heterocycles. The maximum Gasteiger partial charge on any atom is 0.358 e. The Bertz CT molecular complexity index is 937. The van der Waals surface area contributed by atoms with E-state index in [4.69, 9.17) is 16.3 Å². The lowest BCUT2D eigenvalue weighted by Crippen LogP contribution is -2.04. The van der Waals surface area contributed by atoms with Crippen molar-refractivity contribution in [3.63, 3.8) is 0 Å². The third-order valence-electron chi connectivity index (χ3n) is 3.63. The Morgan fingerprint density at radius 1 is 1.28 bits per heavy atom. The van der Waals surface area contributed by atoms with Gasteiger partial charge in [0, 0.05) is 16.8 Å². The number of carbonyl (C=O) groups is 1. The summed E-state index contributed by atoms with van der Waals surface area (Å²) in [6, 6.07) is 11.8. The van der Waals surface area contributed by atoms with Crippen LogP contribution in [0.5, 0.6) is 0 Å². The number of rotatable bonds is 4. The van der Waals surface area contributed by atoms with Crippen LogP contribution in [0.3, 0.4) is 0 Å². The smallest absolute Gasteiger partial charge is 0.358 e. The first kappa shape index (κ1) is 17.2. The highest BCUT2D eigenvalue weighted by Gasteiger charge is 2.19. The number of aryl methyl sites for hydroxylation is 1. The average molecular weight is 359 g/mol. The number of aromatic nitrogens is 2. The summed E-state index contributed by atoms with van der Waals surface area (Å²) in [5.74, 6) is -0.586. The van der Waals surface area contributed by atoms with E-state index in [1.165, 1.54) is 29.0 Å². The summed E-state index contributed by atoms with van der Waals surface area (Å²) in [6.07, 6.45) is 1.46. The van der Waals surface area contributed by atoms with Crippen LogP contribution in [0.25, 0.3) is 17.1 Å². The normalized spacial score (nSPS) is 10.7. The van der Waals surface area contributed by atoms with E-state index >= 15 is 0 Å². The lowest BCUT2D eigenvalue weighted by Gasteiger charge is -2.10. The second-order valence-corrected chi connectivity index (χ2v) is 5.94. The molecule has 3 aromatic rings. The second kappa shape index (κ2) is 7.07. The molecule has 0 aliphatic carbocycles. The van der Waals surface area contributed by atoms with Gasteiger partial charge in [0.1, 0.15) is 11.6 Å². The van der Waals surface area contributed by atoms with E-state index in [-0.39, 0.29) is 18.0 Å². The topological polar surface area (TPSA) is 44.1 Å². The molecule has 0 aliphatic rings. The number of imidazole rings is 1. The van der Waals surface area contributed by atoms with Crippen molar-refractivity contribution < 1.29 is 13.9 Å². The van der Waals surface area contributed by atoms with Crippen LogP contribution >= 0.6 is 11.6 Å². The average Bonchev–Trinajstić information content (AvgIpc) is 3.02. The van der Waals surface area contributed by atoms with Crippen molar-refractivity contribution in [3.05, 3.63) is 70.8 Å². The van der Waals surface area contributed by atoms with Crippen LogP contribution < -0.4 is 0 Å². The number of halogens is 2. The van der Waals surface area contributed by atoms with E-state index in [9.17, 15) is 9.18 Å². The molecule has 25 heavy (non-hydrogen) atoms. The van der Waals surface area contributed by atoms with Crippen LogP contribution in [0.15, 0.2) is 48.7 Å². The van der Waals surface area contributed by atoms with Crippen LogP contribution in [0.1, 0.15) is 23.0 Å². The van der Waals surface area contributed by atoms with Gasteiger partial charge in [-0.3, -0.25) is 4.57 Å². The molecule has 0 saturated heterocycles. The van der Waals surface area contributed by atoms with Gasteiger partial charge in [0.2, 0.25) is 0 Å². The number of hydrogen-bond donors (Lipinski definition) is 0. The molecule has 128 valence electrons. The summed E-state index contributed by atoms with van der Waals surface area (Å²) < 4.78 is 20.9. The van der Waals surface area contributed by atoms with Gasteiger partial charge in [-0.05, 0) is 38.1 Å². The van der Waals surface area contributed by atoms with Gasteiger partial charge in [-0.1, -0.05) is 35.4 Å². The number of esters is 1. The van der Waals surface area contributed by atoms with Crippen LogP contribution in [0.4, 0.5) is 4.39 Å². The Labute approximate surface area is 149 Å². The van der Waals surface area contributed by atoms with Crippen LogP contribution in [0.2, 0.25) is 5.02 Å². The quantitative estimate of drug-likeness (QED) is 0.628. The summed E-state index contributed by atoms with van der Waals surface area (Å²) in [7, 11) is 0. The SMILES string of the molecule is CCOC(=O)c1cn(-c2cc(Cl)ccc2F)c(-c2cccc(C)c2)n1. The van der Waals surface area contributed by atoms with Crippen molar-refractivity contribution in [1.82, 2.24) is 9.55 Å². The van der Waals surface area contributed by atoms with E-state index in [2.05, 4.69) is 4.98 Å². The zero-order valence-electron chi connectivity index (χ0n) is 13.8. The number of carbonyl (C=O) groups excluding carboxylic acids is 1. The molecule has 0 bridgehead atoms. The fourth-order valence-corrected chi connectivity index (χ4v) is 2.69. The third kappa shape index (κ3) is 3.56. The maximum absolute atomic E-state index is 14.4. The highest BCUT2D eigenvalue weighted by atomic mass is 35.5. The van der Waals surface area contributed by atoms with E-state index in [1.807, 2.05) is 31.2 Å². The molecular formula is C19H16ClFN2O2. The van der Waals surface area contributed by atoms with Crippen molar-refractivity contribution in [2.45, 2.75) is 13.8 Å². The first-order valence-electron chi connectivity index (χ1n) is 7.78. The molecule has 6 heteroatoms. The first-order chi connectivity index (χ1) is 12.0. The van der Waals surface area contributed by atoms with Gasteiger partial charge in [-0.2, -0.15) is 0 Å². The van der Waals surface area contributed by atoms with Crippen molar-refractivity contribution in [3.8, 4) is 17.1 Å². The number of ether oxygens (including phenoxy) is 1. The molecule has 0 atom stereocenters. The predicted molar refractivity (Wildman–Crippen MR) is 94.7 cm³/mol. The summed E-state index contributed by atoms with van der Waals surface area (Å²) in [4.78, 5) is 16.4. The standard InChI is InChI=1S/C19H16ClFN2O2/c1-3-25-19(24)16-11-23(17-10-14(20)7-8-15(17)21)18(22-16)13-6-4-5-12(2)9-13/h4-11H,3H2,1-2H3. The van der Waals surface area contributed by atoms with Gasteiger partial charge < -0.3 is 4.74 Å². The minimum absolute atomic E-state index is 0.109. The van der Waals surface area contributed by atoms with Crippen molar-refractivity contribution in [2.75, 3.05) is 6.61 Å². The highest BCUT2D eigenvalue weighted by Crippen LogP contribution is 2.27. The molecule has 0 unspecified atom stereocenters. The fraction of sp³-hybridized carbons (Fsp3) is 0.158. The number of hydrogen-bond acceptors (Lipinski definition) is 3. The van der Waals surface area contributed by atoms with E-state index in [0.717, 1.165) is 11.1 Å². The van der Waals surface area contributed by atoms with Gasteiger partial charge in [-0.25, -0.2) is 14.2 Å². The molecule has 0 radical (unpaired) electrons. The Kier molecular flexibility index (Phi) is 4.86. The molecule has 0 saturated carbocycles.